The van der Waals surface area contributed by atoms with Crippen LogP contribution in [-0.4, -0.2) is 32.8 Å². The number of rotatable bonds is 3. The van der Waals surface area contributed by atoms with Gasteiger partial charge in [-0.05, 0) is 38.1 Å². The predicted octanol–water partition coefficient (Wildman–Crippen LogP) is 2.05. The summed E-state index contributed by atoms with van der Waals surface area (Å²) in [5.41, 5.74) is 2.57. The number of nitrogens with zero attached hydrogens (tertiary/aromatic N) is 1. The normalized spacial score (nSPS) is 23.2. The maximum Gasteiger partial charge on any atom is 0.143 e. The van der Waals surface area contributed by atoms with Crippen molar-refractivity contribution in [3.63, 3.8) is 0 Å². The maximum absolute atomic E-state index is 6.05. The lowest BCUT2D eigenvalue weighted by Gasteiger charge is -2.40. The fourth-order valence-electron chi connectivity index (χ4n) is 2.30. The Morgan fingerprint density at radius 2 is 2.18 bits per heavy atom. The molecule has 1 aromatic rings. The van der Waals surface area contributed by atoms with E-state index in [0.29, 0.717) is 6.04 Å². The third-order valence-electron chi connectivity index (χ3n) is 3.64. The summed E-state index contributed by atoms with van der Waals surface area (Å²) in [5, 5.41) is 3.19. The molecule has 1 aromatic carbocycles. The minimum atomic E-state index is 0.213. The van der Waals surface area contributed by atoms with Crippen LogP contribution in [0.1, 0.15) is 19.4 Å². The highest BCUT2D eigenvalue weighted by Gasteiger charge is 2.30. The topological polar surface area (TPSA) is 24.5 Å². The number of likely N-dealkylation sites (N-methyl/N-ethyl adjacent to an activating group) is 2. The van der Waals surface area contributed by atoms with Gasteiger partial charge in [-0.25, -0.2) is 0 Å². The van der Waals surface area contributed by atoms with E-state index in [2.05, 4.69) is 49.3 Å². The molecular weight excluding hydrogens is 212 g/mol. The van der Waals surface area contributed by atoms with Gasteiger partial charge in [-0.1, -0.05) is 13.0 Å². The van der Waals surface area contributed by atoms with E-state index in [0.717, 1.165) is 18.7 Å². The third-order valence-corrected chi connectivity index (χ3v) is 3.64. The van der Waals surface area contributed by atoms with Crippen LogP contribution in [0.5, 0.6) is 5.75 Å². The van der Waals surface area contributed by atoms with E-state index in [1.54, 1.807) is 0 Å². The smallest absolute Gasteiger partial charge is 0.143 e. The number of fused-ring (bicyclic) bond motifs is 1. The van der Waals surface area contributed by atoms with Crippen molar-refractivity contribution in [3.8, 4) is 5.75 Å². The van der Waals surface area contributed by atoms with Crippen molar-refractivity contribution in [2.75, 3.05) is 25.5 Å². The molecule has 94 valence electrons. The lowest BCUT2D eigenvalue weighted by molar-refractivity contribution is 0.160. The Morgan fingerprint density at radius 1 is 1.41 bits per heavy atom. The van der Waals surface area contributed by atoms with E-state index in [9.17, 15) is 0 Å². The lowest BCUT2D eigenvalue weighted by Crippen LogP contribution is -2.50. The maximum atomic E-state index is 6.05. The second-order valence-corrected chi connectivity index (χ2v) is 4.72. The first-order valence-corrected chi connectivity index (χ1v) is 6.34. The molecule has 0 radical (unpaired) electrons. The second-order valence-electron chi connectivity index (χ2n) is 4.72. The summed E-state index contributed by atoms with van der Waals surface area (Å²) in [5.74, 6) is 1.00. The molecule has 1 aliphatic heterocycles. The summed E-state index contributed by atoms with van der Waals surface area (Å²) < 4.78 is 6.05. The quantitative estimate of drug-likeness (QED) is 0.866. The Labute approximate surface area is 104 Å². The molecule has 1 N–H and O–H groups in total. The van der Waals surface area contributed by atoms with E-state index in [4.69, 9.17) is 4.74 Å². The summed E-state index contributed by atoms with van der Waals surface area (Å²) in [6.45, 7) is 5.27. The molecule has 1 aliphatic rings. The van der Waals surface area contributed by atoms with Crippen LogP contribution in [-0.2, 0) is 6.42 Å². The van der Waals surface area contributed by atoms with Gasteiger partial charge in [0.15, 0.2) is 0 Å². The van der Waals surface area contributed by atoms with Gasteiger partial charge in [0.05, 0.1) is 11.7 Å². The van der Waals surface area contributed by atoms with Crippen molar-refractivity contribution >= 4 is 5.69 Å². The molecular formula is C14H22N2O. The molecule has 17 heavy (non-hydrogen) atoms. The molecule has 0 aromatic heterocycles. The summed E-state index contributed by atoms with van der Waals surface area (Å²) in [4.78, 5) is 2.32. The van der Waals surface area contributed by atoms with Gasteiger partial charge in [-0.15, -0.1) is 0 Å². The highest BCUT2D eigenvalue weighted by atomic mass is 16.5. The lowest BCUT2D eigenvalue weighted by atomic mass is 10.0. The van der Waals surface area contributed by atoms with E-state index in [1.165, 1.54) is 11.3 Å². The van der Waals surface area contributed by atoms with Crippen LogP contribution in [0.15, 0.2) is 18.2 Å². The van der Waals surface area contributed by atoms with Crippen LogP contribution in [0.2, 0.25) is 0 Å². The summed E-state index contributed by atoms with van der Waals surface area (Å²) in [6.07, 6.45) is 1.28. The molecule has 0 saturated carbocycles. The molecule has 0 spiro atoms. The van der Waals surface area contributed by atoms with Crippen LogP contribution in [0.25, 0.3) is 0 Å². The first-order valence-electron chi connectivity index (χ1n) is 6.34. The number of hydrogen-bond acceptors (Lipinski definition) is 3. The van der Waals surface area contributed by atoms with Gasteiger partial charge in [0.25, 0.3) is 0 Å². The van der Waals surface area contributed by atoms with Crippen LogP contribution in [0.4, 0.5) is 5.69 Å². The fraction of sp³-hybridized carbons (Fsp3) is 0.571. The van der Waals surface area contributed by atoms with Crippen LogP contribution >= 0.6 is 0 Å². The SMILES string of the molecule is CCc1ccc2c(c1)N(C)C(C)C(CNC)O2. The van der Waals surface area contributed by atoms with Gasteiger partial charge in [0.2, 0.25) is 0 Å². The Balaban J connectivity index is 2.31. The van der Waals surface area contributed by atoms with E-state index < -0.39 is 0 Å². The van der Waals surface area contributed by atoms with Crippen molar-refractivity contribution in [2.45, 2.75) is 32.4 Å². The molecule has 0 amide bonds. The summed E-state index contributed by atoms with van der Waals surface area (Å²) >= 11 is 0. The zero-order chi connectivity index (χ0) is 12.4. The Hall–Kier alpha value is -1.22. The van der Waals surface area contributed by atoms with Gasteiger partial charge < -0.3 is 15.0 Å². The van der Waals surface area contributed by atoms with Gasteiger partial charge in [-0.3, -0.25) is 0 Å². The van der Waals surface area contributed by atoms with Gasteiger partial charge in [-0.2, -0.15) is 0 Å². The van der Waals surface area contributed by atoms with Gasteiger partial charge in [0.1, 0.15) is 11.9 Å². The highest BCUT2D eigenvalue weighted by Crippen LogP contribution is 2.35. The molecule has 3 nitrogen and oxygen atoms in total. The van der Waals surface area contributed by atoms with Crippen LogP contribution in [0, 0.1) is 0 Å². The summed E-state index contributed by atoms with van der Waals surface area (Å²) in [6, 6.07) is 6.88. The zero-order valence-electron chi connectivity index (χ0n) is 11.2. The highest BCUT2D eigenvalue weighted by molar-refractivity contribution is 5.62. The molecule has 0 aliphatic carbocycles. The molecule has 2 rings (SSSR count). The Morgan fingerprint density at radius 3 is 2.82 bits per heavy atom. The number of anilines is 1. The first-order chi connectivity index (χ1) is 8.17. The average Bonchev–Trinajstić information content (AvgIpc) is 2.35. The van der Waals surface area contributed by atoms with Crippen LogP contribution in [0.3, 0.4) is 0 Å². The minimum Gasteiger partial charge on any atom is -0.485 e. The second kappa shape index (κ2) is 4.96. The number of nitrogens with one attached hydrogen (secondary N) is 1. The molecule has 1 heterocycles. The monoisotopic (exact) mass is 234 g/mol. The number of aryl methyl sites for hydroxylation is 1. The first kappa shape index (κ1) is 12.2. The zero-order valence-corrected chi connectivity index (χ0v) is 11.2. The largest absolute Gasteiger partial charge is 0.485 e. The molecule has 0 saturated heterocycles. The Kier molecular flexibility index (Phi) is 3.57. The number of benzene rings is 1. The molecule has 0 fully saturated rings. The third kappa shape index (κ3) is 2.25. The van der Waals surface area contributed by atoms with Gasteiger partial charge in [0, 0.05) is 13.6 Å². The van der Waals surface area contributed by atoms with Crippen molar-refractivity contribution in [1.29, 1.82) is 0 Å². The summed E-state index contributed by atoms with van der Waals surface area (Å²) in [7, 11) is 4.11. The van der Waals surface area contributed by atoms with Crippen LogP contribution < -0.4 is 15.0 Å². The van der Waals surface area contributed by atoms with E-state index in [1.807, 2.05) is 7.05 Å². The van der Waals surface area contributed by atoms with Crippen molar-refractivity contribution < 1.29 is 4.74 Å². The van der Waals surface area contributed by atoms with Crippen molar-refractivity contribution in [3.05, 3.63) is 23.8 Å². The van der Waals surface area contributed by atoms with Crippen molar-refractivity contribution in [2.24, 2.45) is 0 Å². The fourth-order valence-corrected chi connectivity index (χ4v) is 2.30. The minimum absolute atomic E-state index is 0.213. The van der Waals surface area contributed by atoms with E-state index >= 15 is 0 Å². The molecule has 2 unspecified atom stereocenters. The van der Waals surface area contributed by atoms with E-state index in [-0.39, 0.29) is 6.10 Å². The van der Waals surface area contributed by atoms with Crippen molar-refractivity contribution in [1.82, 2.24) is 5.32 Å². The van der Waals surface area contributed by atoms with Gasteiger partial charge >= 0.3 is 0 Å². The average molecular weight is 234 g/mol. The molecule has 2 atom stereocenters. The molecule has 0 bridgehead atoms. The number of hydrogen-bond donors (Lipinski definition) is 1. The Bertz CT molecular complexity index is 392. The standard InChI is InChI=1S/C14H22N2O/c1-5-11-6-7-13-12(8-11)16(4)10(2)14(17-13)9-15-3/h6-8,10,14-15H,5,9H2,1-4H3. The number of ether oxygens (including phenoxy) is 1. The molecule has 3 heteroatoms. The predicted molar refractivity (Wildman–Crippen MR) is 72.0 cm³/mol.